The van der Waals surface area contributed by atoms with E-state index in [1.807, 2.05) is 66.7 Å². The van der Waals surface area contributed by atoms with Crippen LogP contribution in [-0.4, -0.2) is 177 Å². The van der Waals surface area contributed by atoms with Gasteiger partial charge in [-0.25, -0.2) is 19.4 Å². The second-order valence-corrected chi connectivity index (χ2v) is 19.4. The van der Waals surface area contributed by atoms with Crippen molar-refractivity contribution >= 4 is 46.3 Å². The predicted octanol–water partition coefficient (Wildman–Crippen LogP) is 4.29. The Bertz CT molecular complexity index is 2690. The molecule has 0 bridgehead atoms. The van der Waals surface area contributed by atoms with Crippen LogP contribution in [-0.2, 0) is 16.1 Å². The number of piperazine rings is 2. The van der Waals surface area contributed by atoms with Gasteiger partial charge in [0.15, 0.2) is 5.65 Å². The number of amides is 5. The minimum atomic E-state index is -0.606. The van der Waals surface area contributed by atoms with Crippen molar-refractivity contribution in [3.05, 3.63) is 90.3 Å². The van der Waals surface area contributed by atoms with E-state index in [0.717, 1.165) is 162 Å². The van der Waals surface area contributed by atoms with Crippen molar-refractivity contribution in [1.82, 2.24) is 54.5 Å². The lowest BCUT2D eigenvalue weighted by molar-refractivity contribution is -0.136. The molecule has 0 aliphatic carbocycles. The Balaban J connectivity index is 0.622. The van der Waals surface area contributed by atoms with Crippen molar-refractivity contribution in [3.8, 4) is 22.8 Å². The van der Waals surface area contributed by atoms with Crippen LogP contribution < -0.4 is 20.7 Å². The number of hydrogen-bond acceptors (Lipinski definition) is 13. The molecule has 2 aromatic heterocycles. The van der Waals surface area contributed by atoms with Crippen LogP contribution in [0.3, 0.4) is 0 Å². The Kier molecular flexibility index (Phi) is 12.6. The molecule has 0 radical (unpaired) electrons. The van der Waals surface area contributed by atoms with Crippen LogP contribution in [0.15, 0.2) is 79.1 Å². The summed E-state index contributed by atoms with van der Waals surface area (Å²) in [5, 5.41) is 8.33. The highest BCUT2D eigenvalue weighted by atomic mass is 16.5. The number of urea groups is 1. The zero-order valence-corrected chi connectivity index (χ0v) is 39.1. The number of likely N-dealkylation sites (tertiary alicyclic amines) is 2. The van der Waals surface area contributed by atoms with Gasteiger partial charge in [0.05, 0.1) is 11.4 Å². The summed E-state index contributed by atoms with van der Waals surface area (Å²) in [4.78, 5) is 75.9. The fourth-order valence-corrected chi connectivity index (χ4v) is 11.3. The molecule has 6 aliphatic rings. The highest BCUT2D eigenvalue weighted by molar-refractivity contribution is 6.05. The van der Waals surface area contributed by atoms with Crippen LogP contribution in [0.1, 0.15) is 60.5 Å². The standard InChI is InChI=1S/C51H61N13O5/c52-47-45-46(35-8-11-41(12-9-35)69-40-6-2-1-3-7-40)56-64(48(45)54-34-53-47)39-5-4-18-62(33-39)37-16-19-60(20-17-37)51(68)61-29-25-58(26-30-61)22-21-57-23-27-59(28-24-57)38-10-13-42-36(31-38)32-63(50(42)67)43-14-15-44(65)55-49(43)66/h1-3,6-13,31,34,37,39,43H,4-5,14-30,32-33H2,(H2,52,53,54)(H,55,65,66)/t39-,43?/m1/s1. The van der Waals surface area contributed by atoms with Crippen molar-refractivity contribution in [3.63, 3.8) is 0 Å². The highest BCUT2D eigenvalue weighted by Crippen LogP contribution is 2.36. The molecular weight excluding hydrogens is 875 g/mol. The molecule has 18 nitrogen and oxygen atoms in total. The number of nitrogens with one attached hydrogen (secondary N) is 1. The van der Waals surface area contributed by atoms with Crippen LogP contribution >= 0.6 is 0 Å². The third-order valence-electron chi connectivity index (χ3n) is 15.3. The molecule has 5 saturated heterocycles. The van der Waals surface area contributed by atoms with Crippen LogP contribution in [0, 0.1) is 0 Å². The third kappa shape index (κ3) is 9.32. The molecule has 11 rings (SSSR count). The number of nitrogens with two attached hydrogens (primary N) is 1. The number of anilines is 2. The summed E-state index contributed by atoms with van der Waals surface area (Å²) in [6.45, 7) is 12.8. The maximum absolute atomic E-state index is 13.8. The quantitative estimate of drug-likeness (QED) is 0.190. The number of hydrogen-bond donors (Lipinski definition) is 2. The Morgan fingerprint density at radius 1 is 0.739 bits per heavy atom. The van der Waals surface area contributed by atoms with E-state index >= 15 is 0 Å². The lowest BCUT2D eigenvalue weighted by Gasteiger charge is -2.44. The number of benzene rings is 3. The fraction of sp³-hybridized carbons (Fsp3) is 0.471. The number of rotatable bonds is 10. The summed E-state index contributed by atoms with van der Waals surface area (Å²) >= 11 is 0. The number of aromatic nitrogens is 4. The van der Waals surface area contributed by atoms with Gasteiger partial charge in [-0.05, 0) is 98.8 Å². The Labute approximate surface area is 401 Å². The summed E-state index contributed by atoms with van der Waals surface area (Å²) in [7, 11) is 0. The van der Waals surface area contributed by atoms with Crippen molar-refractivity contribution in [2.75, 3.05) is 102 Å². The summed E-state index contributed by atoms with van der Waals surface area (Å²) in [6, 6.07) is 23.8. The van der Waals surface area contributed by atoms with E-state index in [2.05, 4.69) is 50.4 Å². The van der Waals surface area contributed by atoms with Gasteiger partial charge in [-0.15, -0.1) is 0 Å². The average molecular weight is 936 g/mol. The van der Waals surface area contributed by atoms with E-state index in [1.54, 1.807) is 4.90 Å². The van der Waals surface area contributed by atoms with Crippen LogP contribution in [0.2, 0.25) is 0 Å². The van der Waals surface area contributed by atoms with E-state index in [0.29, 0.717) is 30.4 Å². The SMILES string of the molecule is Nc1ncnc2c1c(-c1ccc(Oc3ccccc3)cc1)nn2[C@@H]1CCCN(C2CCN(C(=O)N3CCN(CCN4CCN(c5ccc6c(c5)CN(C5CCC(=O)NC5=O)C6=O)CC4)CC3)CC2)C1. The molecular formula is C51H61N13O5. The zero-order valence-electron chi connectivity index (χ0n) is 39.1. The number of carbonyl (C=O) groups is 4. The Morgan fingerprint density at radius 2 is 1.45 bits per heavy atom. The minimum absolute atomic E-state index is 0.137. The highest BCUT2D eigenvalue weighted by Gasteiger charge is 2.40. The molecule has 0 spiro atoms. The van der Waals surface area contributed by atoms with Crippen molar-refractivity contribution in [1.29, 1.82) is 0 Å². The number of nitrogens with zero attached hydrogens (tertiary/aromatic N) is 11. The lowest BCUT2D eigenvalue weighted by atomic mass is 9.98. The van der Waals surface area contributed by atoms with Crippen LogP contribution in [0.5, 0.6) is 11.5 Å². The first kappa shape index (κ1) is 44.9. The topological polar surface area (TPSA) is 182 Å². The van der Waals surface area contributed by atoms with Gasteiger partial charge in [0, 0.05) is 121 Å². The number of ether oxygens (including phenoxy) is 1. The lowest BCUT2D eigenvalue weighted by Crippen LogP contribution is -2.56. The summed E-state index contributed by atoms with van der Waals surface area (Å²) in [5.41, 5.74) is 11.6. The van der Waals surface area contributed by atoms with Crippen molar-refractivity contribution < 1.29 is 23.9 Å². The maximum Gasteiger partial charge on any atom is 0.320 e. The van der Waals surface area contributed by atoms with Crippen LogP contribution in [0.4, 0.5) is 16.3 Å². The van der Waals surface area contributed by atoms with Gasteiger partial charge in [0.1, 0.15) is 35.4 Å². The molecule has 69 heavy (non-hydrogen) atoms. The molecule has 0 saturated carbocycles. The normalized spacial score (nSPS) is 22.3. The molecule has 3 aromatic carbocycles. The second kappa shape index (κ2) is 19.4. The van der Waals surface area contributed by atoms with Gasteiger partial charge in [-0.3, -0.25) is 34.4 Å². The number of imide groups is 1. The number of nitrogen functional groups attached to an aromatic ring is 1. The minimum Gasteiger partial charge on any atom is -0.457 e. The second-order valence-electron chi connectivity index (χ2n) is 19.4. The maximum atomic E-state index is 13.8. The Morgan fingerprint density at radius 3 is 2.19 bits per heavy atom. The number of piperidine rings is 3. The zero-order chi connectivity index (χ0) is 47.0. The average Bonchev–Trinajstić information content (AvgIpc) is 3.94. The molecule has 8 heterocycles. The summed E-state index contributed by atoms with van der Waals surface area (Å²) in [6.07, 6.45) is 6.11. The molecule has 5 fully saturated rings. The summed E-state index contributed by atoms with van der Waals surface area (Å²) in [5.74, 6) is 1.14. The number of fused-ring (bicyclic) bond motifs is 2. The molecule has 5 amide bonds. The van der Waals surface area contributed by atoms with Gasteiger partial charge in [0.2, 0.25) is 11.8 Å². The third-order valence-corrected chi connectivity index (χ3v) is 15.3. The molecule has 360 valence electrons. The smallest absolute Gasteiger partial charge is 0.320 e. The van der Waals surface area contributed by atoms with E-state index in [1.165, 1.54) is 6.33 Å². The first-order valence-corrected chi connectivity index (χ1v) is 24.8. The van der Waals surface area contributed by atoms with E-state index in [-0.39, 0.29) is 36.2 Å². The molecule has 3 N–H and O–H groups in total. The molecule has 2 atom stereocenters. The van der Waals surface area contributed by atoms with E-state index < -0.39 is 6.04 Å². The predicted molar refractivity (Wildman–Crippen MR) is 261 cm³/mol. The van der Waals surface area contributed by atoms with Gasteiger partial charge in [-0.2, -0.15) is 5.10 Å². The van der Waals surface area contributed by atoms with E-state index in [4.69, 9.17) is 20.6 Å². The first-order chi connectivity index (χ1) is 33.7. The van der Waals surface area contributed by atoms with Crippen molar-refractivity contribution in [2.24, 2.45) is 0 Å². The Hall–Kier alpha value is -6.63. The van der Waals surface area contributed by atoms with E-state index in [9.17, 15) is 19.2 Å². The van der Waals surface area contributed by atoms with Gasteiger partial charge in [0.25, 0.3) is 5.91 Å². The molecule has 5 aromatic rings. The first-order valence-electron chi connectivity index (χ1n) is 24.8. The molecule has 18 heteroatoms. The van der Waals surface area contributed by atoms with Gasteiger partial charge in [-0.1, -0.05) is 18.2 Å². The summed E-state index contributed by atoms with van der Waals surface area (Å²) < 4.78 is 8.12. The van der Waals surface area contributed by atoms with Crippen molar-refractivity contribution in [2.45, 2.75) is 63.2 Å². The van der Waals surface area contributed by atoms with Crippen LogP contribution in [0.25, 0.3) is 22.3 Å². The number of carbonyl (C=O) groups excluding carboxylic acids is 4. The van der Waals surface area contributed by atoms with Gasteiger partial charge < -0.3 is 30.1 Å². The number of para-hydroxylation sites is 1. The monoisotopic (exact) mass is 935 g/mol. The molecule has 1 unspecified atom stereocenters. The van der Waals surface area contributed by atoms with Gasteiger partial charge >= 0.3 is 6.03 Å². The molecule has 6 aliphatic heterocycles. The fourth-order valence-electron chi connectivity index (χ4n) is 11.3. The largest absolute Gasteiger partial charge is 0.457 e.